The summed E-state index contributed by atoms with van der Waals surface area (Å²) in [5, 5.41) is 4.32. The summed E-state index contributed by atoms with van der Waals surface area (Å²) in [5.41, 5.74) is 1.26. The van der Waals surface area contributed by atoms with Crippen molar-refractivity contribution in [3.05, 3.63) is 28.8 Å². The first-order valence-electron chi connectivity index (χ1n) is 6.31. The molecule has 0 aliphatic heterocycles. The van der Waals surface area contributed by atoms with Gasteiger partial charge in [-0.15, -0.1) is 0 Å². The fraction of sp³-hybridized carbons (Fsp3) is 0.571. The van der Waals surface area contributed by atoms with Gasteiger partial charge in [0, 0.05) is 11.1 Å². The molecule has 0 radical (unpaired) electrons. The minimum absolute atomic E-state index is 0.577. The molecule has 2 nitrogen and oxygen atoms in total. The average Bonchev–Trinajstić information content (AvgIpc) is 2.78. The molecule has 17 heavy (non-hydrogen) atoms. The second-order valence-corrected chi connectivity index (χ2v) is 5.09. The zero-order valence-corrected chi connectivity index (χ0v) is 11.3. The van der Waals surface area contributed by atoms with Gasteiger partial charge < -0.3 is 10.1 Å². The van der Waals surface area contributed by atoms with Crippen molar-refractivity contribution >= 4 is 11.6 Å². The molecule has 1 aromatic carbocycles. The SMILES string of the molecule is CCNC1CCC(c2cc(Cl)ccc2OC)C1. The summed E-state index contributed by atoms with van der Waals surface area (Å²) in [6.07, 6.45) is 3.65. The molecule has 2 atom stereocenters. The maximum atomic E-state index is 6.08. The fourth-order valence-corrected chi connectivity index (χ4v) is 2.94. The van der Waals surface area contributed by atoms with Gasteiger partial charge in [0.1, 0.15) is 5.75 Å². The number of nitrogens with one attached hydrogen (secondary N) is 1. The molecule has 0 spiro atoms. The van der Waals surface area contributed by atoms with Crippen LogP contribution in [0.25, 0.3) is 0 Å². The second-order valence-electron chi connectivity index (χ2n) is 4.65. The normalized spacial score (nSPS) is 23.9. The van der Waals surface area contributed by atoms with E-state index in [9.17, 15) is 0 Å². The lowest BCUT2D eigenvalue weighted by Gasteiger charge is -2.16. The molecule has 1 fully saturated rings. The Morgan fingerprint density at radius 2 is 2.24 bits per heavy atom. The standard InChI is InChI=1S/C14H20ClNO/c1-3-16-12-6-4-10(8-12)13-9-11(15)5-7-14(13)17-2/h5,7,9-10,12,16H,3-4,6,8H2,1-2H3. The molecule has 3 heteroatoms. The predicted molar refractivity (Wildman–Crippen MR) is 72.1 cm³/mol. The van der Waals surface area contributed by atoms with Gasteiger partial charge in [0.05, 0.1) is 7.11 Å². The van der Waals surface area contributed by atoms with Crippen LogP contribution in [0.3, 0.4) is 0 Å². The topological polar surface area (TPSA) is 21.3 Å². The number of rotatable bonds is 4. The highest BCUT2D eigenvalue weighted by Gasteiger charge is 2.27. The van der Waals surface area contributed by atoms with Crippen molar-refractivity contribution in [2.45, 2.75) is 38.1 Å². The van der Waals surface area contributed by atoms with Gasteiger partial charge in [0.15, 0.2) is 0 Å². The maximum Gasteiger partial charge on any atom is 0.122 e. The minimum atomic E-state index is 0.577. The number of hydrogen-bond donors (Lipinski definition) is 1. The van der Waals surface area contributed by atoms with Crippen LogP contribution >= 0.6 is 11.6 Å². The van der Waals surface area contributed by atoms with Gasteiger partial charge >= 0.3 is 0 Å². The summed E-state index contributed by atoms with van der Waals surface area (Å²) in [4.78, 5) is 0. The quantitative estimate of drug-likeness (QED) is 0.885. The summed E-state index contributed by atoms with van der Waals surface area (Å²) in [6, 6.07) is 6.56. The van der Waals surface area contributed by atoms with Crippen LogP contribution in [0.5, 0.6) is 5.75 Å². The first-order valence-corrected chi connectivity index (χ1v) is 6.69. The van der Waals surface area contributed by atoms with Crippen LogP contribution in [0, 0.1) is 0 Å². The van der Waals surface area contributed by atoms with Crippen LogP contribution in [0.4, 0.5) is 0 Å². The first-order chi connectivity index (χ1) is 8.24. The Hall–Kier alpha value is -0.730. The third-order valence-corrected chi connectivity index (χ3v) is 3.79. The molecular formula is C14H20ClNO. The maximum absolute atomic E-state index is 6.08. The second kappa shape index (κ2) is 5.74. The lowest BCUT2D eigenvalue weighted by atomic mass is 9.96. The van der Waals surface area contributed by atoms with E-state index in [1.54, 1.807) is 7.11 Å². The molecular weight excluding hydrogens is 234 g/mol. The van der Waals surface area contributed by atoms with Gasteiger partial charge in [-0.05, 0) is 55.5 Å². The average molecular weight is 254 g/mol. The monoisotopic (exact) mass is 253 g/mol. The van der Waals surface area contributed by atoms with Crippen LogP contribution in [-0.2, 0) is 0 Å². The van der Waals surface area contributed by atoms with Gasteiger partial charge in [0.2, 0.25) is 0 Å². The Labute approximate surface area is 108 Å². The Morgan fingerprint density at radius 3 is 2.94 bits per heavy atom. The molecule has 2 unspecified atom stereocenters. The third kappa shape index (κ3) is 2.93. The van der Waals surface area contributed by atoms with E-state index in [2.05, 4.69) is 18.3 Å². The van der Waals surface area contributed by atoms with Gasteiger partial charge in [-0.1, -0.05) is 18.5 Å². The molecule has 1 N–H and O–H groups in total. The van der Waals surface area contributed by atoms with E-state index < -0.39 is 0 Å². The number of hydrogen-bond acceptors (Lipinski definition) is 2. The Morgan fingerprint density at radius 1 is 1.41 bits per heavy atom. The van der Waals surface area contributed by atoms with Gasteiger partial charge in [0.25, 0.3) is 0 Å². The highest BCUT2D eigenvalue weighted by molar-refractivity contribution is 6.30. The van der Waals surface area contributed by atoms with Crippen molar-refractivity contribution in [1.29, 1.82) is 0 Å². The Bertz CT molecular complexity index is 380. The van der Waals surface area contributed by atoms with E-state index in [1.807, 2.05) is 12.1 Å². The van der Waals surface area contributed by atoms with E-state index >= 15 is 0 Å². The molecule has 1 aliphatic rings. The summed E-state index contributed by atoms with van der Waals surface area (Å²) in [6.45, 7) is 3.21. The molecule has 0 aromatic heterocycles. The molecule has 0 saturated heterocycles. The van der Waals surface area contributed by atoms with Crippen molar-refractivity contribution in [3.8, 4) is 5.75 Å². The fourth-order valence-electron chi connectivity index (χ4n) is 2.76. The number of ether oxygens (including phenoxy) is 1. The number of halogens is 1. The highest BCUT2D eigenvalue weighted by atomic mass is 35.5. The van der Waals surface area contributed by atoms with Crippen LogP contribution in [-0.4, -0.2) is 19.7 Å². The van der Waals surface area contributed by atoms with Crippen molar-refractivity contribution < 1.29 is 4.74 Å². The molecule has 1 aliphatic carbocycles. The number of benzene rings is 1. The van der Waals surface area contributed by atoms with Gasteiger partial charge in [-0.25, -0.2) is 0 Å². The number of methoxy groups -OCH3 is 1. The molecule has 0 amide bonds. The molecule has 1 aromatic rings. The largest absolute Gasteiger partial charge is 0.496 e. The smallest absolute Gasteiger partial charge is 0.122 e. The van der Waals surface area contributed by atoms with Gasteiger partial charge in [-0.3, -0.25) is 0 Å². The van der Waals surface area contributed by atoms with Crippen molar-refractivity contribution in [2.75, 3.05) is 13.7 Å². The molecule has 2 rings (SSSR count). The van der Waals surface area contributed by atoms with Crippen LogP contribution in [0.2, 0.25) is 5.02 Å². The molecule has 0 bridgehead atoms. The summed E-state index contributed by atoms with van der Waals surface area (Å²) >= 11 is 6.08. The molecule has 1 saturated carbocycles. The third-order valence-electron chi connectivity index (χ3n) is 3.56. The highest BCUT2D eigenvalue weighted by Crippen LogP contribution is 2.39. The van der Waals surface area contributed by atoms with Crippen molar-refractivity contribution in [3.63, 3.8) is 0 Å². The summed E-state index contributed by atoms with van der Waals surface area (Å²) in [7, 11) is 1.73. The van der Waals surface area contributed by atoms with Crippen LogP contribution in [0.1, 0.15) is 37.7 Å². The van der Waals surface area contributed by atoms with E-state index in [4.69, 9.17) is 16.3 Å². The Kier molecular flexibility index (Phi) is 4.30. The molecule has 94 valence electrons. The van der Waals surface area contributed by atoms with Crippen LogP contribution in [0.15, 0.2) is 18.2 Å². The van der Waals surface area contributed by atoms with Crippen LogP contribution < -0.4 is 10.1 Å². The first kappa shape index (κ1) is 12.7. The predicted octanol–water partition coefficient (Wildman–Crippen LogP) is 3.59. The lowest BCUT2D eigenvalue weighted by molar-refractivity contribution is 0.405. The summed E-state index contributed by atoms with van der Waals surface area (Å²) < 4.78 is 5.43. The van der Waals surface area contributed by atoms with E-state index in [0.29, 0.717) is 12.0 Å². The van der Waals surface area contributed by atoms with Crippen molar-refractivity contribution in [1.82, 2.24) is 5.32 Å². The zero-order chi connectivity index (χ0) is 12.3. The van der Waals surface area contributed by atoms with E-state index in [1.165, 1.54) is 24.8 Å². The Balaban J connectivity index is 2.14. The van der Waals surface area contributed by atoms with E-state index in [-0.39, 0.29) is 0 Å². The zero-order valence-electron chi connectivity index (χ0n) is 10.5. The van der Waals surface area contributed by atoms with E-state index in [0.717, 1.165) is 17.3 Å². The lowest BCUT2D eigenvalue weighted by Crippen LogP contribution is -2.25. The minimum Gasteiger partial charge on any atom is -0.496 e. The van der Waals surface area contributed by atoms with Crippen molar-refractivity contribution in [2.24, 2.45) is 0 Å². The van der Waals surface area contributed by atoms with Gasteiger partial charge in [-0.2, -0.15) is 0 Å². The summed E-state index contributed by atoms with van der Waals surface area (Å²) in [5.74, 6) is 1.55. The molecule has 0 heterocycles.